The van der Waals surface area contributed by atoms with Gasteiger partial charge in [0.25, 0.3) is 5.91 Å². The molecule has 11 heteroatoms. The quantitative estimate of drug-likeness (QED) is 0.476. The first-order valence-corrected chi connectivity index (χ1v) is 13.7. The van der Waals surface area contributed by atoms with E-state index in [-0.39, 0.29) is 21.9 Å². The molecule has 3 atom stereocenters. The van der Waals surface area contributed by atoms with Gasteiger partial charge in [-0.3, -0.25) is 4.79 Å². The minimum absolute atomic E-state index is 0.0230. The summed E-state index contributed by atoms with van der Waals surface area (Å²) in [6.45, 7) is 0.340. The van der Waals surface area contributed by atoms with E-state index in [4.69, 9.17) is 11.6 Å². The van der Waals surface area contributed by atoms with Crippen molar-refractivity contribution in [2.24, 2.45) is 5.92 Å². The van der Waals surface area contributed by atoms with E-state index in [9.17, 15) is 30.8 Å². The van der Waals surface area contributed by atoms with Gasteiger partial charge in [-0.1, -0.05) is 24.1 Å². The number of amides is 1. The maximum atomic E-state index is 13.5. The number of rotatable bonds is 4. The van der Waals surface area contributed by atoms with E-state index in [0.717, 1.165) is 37.1 Å². The highest BCUT2D eigenvalue weighted by Crippen LogP contribution is 2.38. The van der Waals surface area contributed by atoms with E-state index in [0.29, 0.717) is 38.6 Å². The van der Waals surface area contributed by atoms with Crippen LogP contribution < -0.4 is 5.32 Å². The number of hydrogen-bond donors (Lipinski definition) is 1. The molecular weight excluding hydrogens is 520 g/mol. The number of sulfonamides is 1. The normalized spacial score (nSPS) is 23.9. The van der Waals surface area contributed by atoms with Gasteiger partial charge in [-0.25, -0.2) is 12.8 Å². The number of carbonyl (C=O) groups is 1. The zero-order valence-electron chi connectivity index (χ0n) is 19.4. The van der Waals surface area contributed by atoms with E-state index < -0.39 is 45.1 Å². The van der Waals surface area contributed by atoms with Crippen LogP contribution in [-0.2, 0) is 16.2 Å². The molecule has 1 amide bonds. The molecule has 1 aliphatic heterocycles. The van der Waals surface area contributed by atoms with E-state index in [1.165, 1.54) is 22.5 Å². The Kier molecular flexibility index (Phi) is 7.97. The maximum Gasteiger partial charge on any atom is 0.417 e. The molecule has 1 N–H and O–H groups in total. The first-order valence-electron chi connectivity index (χ1n) is 11.9. The van der Waals surface area contributed by atoms with Crippen molar-refractivity contribution in [1.29, 1.82) is 0 Å². The number of hydrogen-bond acceptors (Lipinski definition) is 3. The van der Waals surface area contributed by atoms with Gasteiger partial charge in [0.2, 0.25) is 10.0 Å². The summed E-state index contributed by atoms with van der Waals surface area (Å²) in [6.07, 6.45) is -0.259. The number of alkyl halides is 3. The zero-order chi connectivity index (χ0) is 26.1. The Balaban J connectivity index is 1.52. The molecule has 2 aromatic carbocycles. The summed E-state index contributed by atoms with van der Waals surface area (Å²) in [5, 5.41) is 2.43. The molecule has 2 aliphatic rings. The van der Waals surface area contributed by atoms with E-state index in [2.05, 4.69) is 5.32 Å². The lowest BCUT2D eigenvalue weighted by atomic mass is 9.80. The molecule has 0 bridgehead atoms. The van der Waals surface area contributed by atoms with Crippen LogP contribution in [-0.4, -0.2) is 37.3 Å². The van der Waals surface area contributed by atoms with Crippen LogP contribution in [0.15, 0.2) is 47.4 Å². The summed E-state index contributed by atoms with van der Waals surface area (Å²) in [4.78, 5) is 12.9. The third-order valence-corrected chi connectivity index (χ3v) is 9.36. The summed E-state index contributed by atoms with van der Waals surface area (Å²) in [6, 6.07) is 7.22. The molecule has 0 radical (unpaired) electrons. The first kappa shape index (κ1) is 26.9. The fraction of sp³-hybridized carbons (Fsp3) is 0.480. The van der Waals surface area contributed by atoms with Gasteiger partial charge in [0.15, 0.2) is 0 Å². The molecule has 2 fully saturated rings. The third kappa shape index (κ3) is 5.70. The number of nitrogens with one attached hydrogen (secondary N) is 1. The van der Waals surface area contributed by atoms with Gasteiger partial charge in [0.1, 0.15) is 5.82 Å². The summed E-state index contributed by atoms with van der Waals surface area (Å²) in [7, 11) is -3.85. The highest BCUT2D eigenvalue weighted by atomic mass is 35.5. The van der Waals surface area contributed by atoms with Crippen LogP contribution in [0.4, 0.5) is 17.6 Å². The van der Waals surface area contributed by atoms with Gasteiger partial charge in [-0.15, -0.1) is 0 Å². The van der Waals surface area contributed by atoms with Gasteiger partial charge in [0.05, 0.1) is 21.0 Å². The van der Waals surface area contributed by atoms with Crippen LogP contribution in [0.25, 0.3) is 0 Å². The first-order chi connectivity index (χ1) is 17.0. The van der Waals surface area contributed by atoms with E-state index in [1.807, 2.05) is 0 Å². The second-order valence-electron chi connectivity index (χ2n) is 9.38. The standard InChI is InChI=1S/C25H27ClF4N2O3S/c26-21-8-2-7-20(25(28,29)30)23(21)24(33)31-18-6-1-4-16-5-3-15-32(22(16)14-11-18)36(34,35)19-12-9-17(27)10-13-19/h2,7-10,12-13,16,18,22H,1,3-6,11,14-15H2,(H,31,33). The predicted octanol–water partition coefficient (Wildman–Crippen LogP) is 6.03. The zero-order valence-corrected chi connectivity index (χ0v) is 21.0. The highest BCUT2D eigenvalue weighted by Gasteiger charge is 2.40. The number of nitrogens with zero attached hydrogens (tertiary/aromatic N) is 1. The molecule has 3 unspecified atom stereocenters. The van der Waals surface area contributed by atoms with Crippen molar-refractivity contribution in [3.05, 3.63) is 64.4 Å². The van der Waals surface area contributed by atoms with Gasteiger partial charge in [-0.2, -0.15) is 17.5 Å². The molecule has 36 heavy (non-hydrogen) atoms. The molecule has 1 saturated heterocycles. The number of carbonyl (C=O) groups excluding carboxylic acids is 1. The third-order valence-electron chi connectivity index (χ3n) is 7.11. The van der Waals surface area contributed by atoms with Crippen molar-refractivity contribution >= 4 is 27.5 Å². The number of piperidine rings is 1. The van der Waals surface area contributed by atoms with Crippen LogP contribution in [0.5, 0.6) is 0 Å². The molecule has 5 nitrogen and oxygen atoms in total. The maximum absolute atomic E-state index is 13.5. The minimum atomic E-state index is -4.73. The smallest absolute Gasteiger partial charge is 0.349 e. The van der Waals surface area contributed by atoms with Crippen molar-refractivity contribution < 1.29 is 30.8 Å². The van der Waals surface area contributed by atoms with Gasteiger partial charge in [-0.05, 0) is 80.8 Å². The lowest BCUT2D eigenvalue weighted by Crippen LogP contribution is -2.50. The Hall–Kier alpha value is -2.17. The van der Waals surface area contributed by atoms with Crippen molar-refractivity contribution in [2.75, 3.05) is 6.54 Å². The Morgan fingerprint density at radius 2 is 1.67 bits per heavy atom. The Morgan fingerprint density at radius 3 is 2.36 bits per heavy atom. The number of halogens is 5. The Labute approximate surface area is 212 Å². The van der Waals surface area contributed by atoms with Gasteiger partial charge >= 0.3 is 6.18 Å². The van der Waals surface area contributed by atoms with E-state index >= 15 is 0 Å². The Morgan fingerprint density at radius 1 is 0.972 bits per heavy atom. The number of benzene rings is 2. The van der Waals surface area contributed by atoms with Crippen molar-refractivity contribution in [3.8, 4) is 0 Å². The molecule has 1 aliphatic carbocycles. The lowest BCUT2D eigenvalue weighted by molar-refractivity contribution is -0.137. The summed E-state index contributed by atoms with van der Waals surface area (Å²) in [5.41, 5.74) is -1.70. The van der Waals surface area contributed by atoms with Gasteiger partial charge < -0.3 is 5.32 Å². The Bertz CT molecular complexity index is 1200. The van der Waals surface area contributed by atoms with Crippen LogP contribution in [0, 0.1) is 11.7 Å². The summed E-state index contributed by atoms with van der Waals surface area (Å²) < 4.78 is 82.0. The molecule has 1 saturated carbocycles. The van der Waals surface area contributed by atoms with Crippen molar-refractivity contribution in [2.45, 2.75) is 68.1 Å². The molecule has 0 spiro atoms. The fourth-order valence-corrected chi connectivity index (χ4v) is 7.41. The van der Waals surface area contributed by atoms with Crippen LogP contribution in [0.1, 0.15) is 60.9 Å². The molecular formula is C25H27ClF4N2O3S. The SMILES string of the molecule is O=C(NC1CCCC2CCCN(S(=O)(=O)c3ccc(F)cc3)C2CC1)c1c(Cl)cccc1C(F)(F)F. The lowest BCUT2D eigenvalue weighted by Gasteiger charge is -2.42. The highest BCUT2D eigenvalue weighted by molar-refractivity contribution is 7.89. The minimum Gasteiger partial charge on any atom is -0.349 e. The largest absolute Gasteiger partial charge is 0.417 e. The van der Waals surface area contributed by atoms with Crippen LogP contribution >= 0.6 is 11.6 Å². The molecule has 1 heterocycles. The molecule has 2 aromatic rings. The summed E-state index contributed by atoms with van der Waals surface area (Å²) >= 11 is 5.98. The van der Waals surface area contributed by atoms with E-state index in [1.54, 1.807) is 0 Å². The second kappa shape index (κ2) is 10.7. The van der Waals surface area contributed by atoms with Crippen LogP contribution in [0.3, 0.4) is 0 Å². The van der Waals surface area contributed by atoms with Crippen LogP contribution in [0.2, 0.25) is 5.02 Å². The molecule has 4 rings (SSSR count). The van der Waals surface area contributed by atoms with Crippen molar-refractivity contribution in [3.63, 3.8) is 0 Å². The van der Waals surface area contributed by atoms with Gasteiger partial charge in [0, 0.05) is 18.6 Å². The molecule has 0 aromatic heterocycles. The average molecular weight is 547 g/mol. The second-order valence-corrected chi connectivity index (χ2v) is 11.7. The topological polar surface area (TPSA) is 66.5 Å². The summed E-state index contributed by atoms with van der Waals surface area (Å²) in [5.74, 6) is -1.28. The monoisotopic (exact) mass is 546 g/mol. The fourth-order valence-electron chi connectivity index (χ4n) is 5.40. The molecule has 196 valence electrons. The predicted molar refractivity (Wildman–Crippen MR) is 128 cm³/mol. The number of fused-ring (bicyclic) bond motifs is 1. The van der Waals surface area contributed by atoms with Crippen molar-refractivity contribution in [1.82, 2.24) is 9.62 Å². The average Bonchev–Trinajstić information content (AvgIpc) is 2.80.